The van der Waals surface area contributed by atoms with Gasteiger partial charge in [-0.05, 0) is 47.9 Å². The van der Waals surface area contributed by atoms with Crippen molar-refractivity contribution in [2.24, 2.45) is 5.10 Å². The van der Waals surface area contributed by atoms with E-state index in [0.29, 0.717) is 16.5 Å². The van der Waals surface area contributed by atoms with E-state index in [0.717, 1.165) is 10.8 Å². The Kier molecular flexibility index (Phi) is 7.25. The molecule has 0 radical (unpaired) electrons. The van der Waals surface area contributed by atoms with Crippen LogP contribution in [0.2, 0.25) is 5.02 Å². The smallest absolute Gasteiger partial charge is 0.329 e. The van der Waals surface area contributed by atoms with Gasteiger partial charge in [-0.3, -0.25) is 9.59 Å². The topological polar surface area (TPSA) is 130 Å². The van der Waals surface area contributed by atoms with E-state index >= 15 is 0 Å². The van der Waals surface area contributed by atoms with Gasteiger partial charge < -0.3 is 9.73 Å². The first-order chi connectivity index (χ1) is 16.8. The van der Waals surface area contributed by atoms with E-state index in [1.165, 1.54) is 36.5 Å². The molecule has 11 heteroatoms. The van der Waals surface area contributed by atoms with E-state index < -0.39 is 21.8 Å². The first kappa shape index (κ1) is 24.1. The van der Waals surface area contributed by atoms with Crippen LogP contribution in [0.3, 0.4) is 0 Å². The molecule has 3 aromatic carbocycles. The predicted octanol–water partition coefficient (Wildman–Crippen LogP) is 3.65. The lowest BCUT2D eigenvalue weighted by atomic mass is 10.1. The molecule has 4 aromatic rings. The van der Waals surface area contributed by atoms with Gasteiger partial charge in [0.2, 0.25) is 10.0 Å². The zero-order valence-corrected chi connectivity index (χ0v) is 19.6. The van der Waals surface area contributed by atoms with Crippen LogP contribution in [-0.2, 0) is 26.2 Å². The van der Waals surface area contributed by atoms with Crippen molar-refractivity contribution in [1.29, 1.82) is 0 Å². The highest BCUT2D eigenvalue weighted by molar-refractivity contribution is 7.89. The molecule has 0 aliphatic rings. The Morgan fingerprint density at radius 1 is 0.914 bits per heavy atom. The van der Waals surface area contributed by atoms with Crippen LogP contribution in [0.15, 0.2) is 93.3 Å². The number of rotatable bonds is 7. The fraction of sp³-hybridized carbons (Fsp3) is 0.0417. The minimum Gasteiger partial charge on any atom is -0.459 e. The van der Waals surface area contributed by atoms with Crippen LogP contribution < -0.4 is 15.5 Å². The van der Waals surface area contributed by atoms with Crippen LogP contribution in [-0.4, -0.2) is 26.4 Å². The fourth-order valence-electron chi connectivity index (χ4n) is 3.14. The van der Waals surface area contributed by atoms with E-state index in [9.17, 15) is 18.0 Å². The van der Waals surface area contributed by atoms with Crippen molar-refractivity contribution in [3.8, 4) is 0 Å². The maximum Gasteiger partial charge on any atom is 0.329 e. The number of furan rings is 1. The molecular weight excluding hydrogens is 492 g/mol. The maximum absolute atomic E-state index is 12.3. The lowest BCUT2D eigenvalue weighted by Crippen LogP contribution is -2.32. The molecule has 3 N–H and O–H groups in total. The number of carbonyl (C=O) groups excluding carboxylic acids is 2. The average Bonchev–Trinajstić information content (AvgIpc) is 3.31. The van der Waals surface area contributed by atoms with Gasteiger partial charge in [-0.15, -0.1) is 0 Å². The van der Waals surface area contributed by atoms with Gasteiger partial charge in [-0.2, -0.15) is 5.10 Å². The summed E-state index contributed by atoms with van der Waals surface area (Å²) in [5.41, 5.74) is 2.63. The largest absolute Gasteiger partial charge is 0.459 e. The standard InChI is InChI=1S/C24H19ClN4O5S/c25-17-8-12-20(13-9-17)35(32,33)27-15-19-11-10-18(34-19)14-26-29-24(31)23(30)28-22-7-3-5-16-4-1-2-6-21(16)22/h1-14,27H,15H2,(H,28,30)(H,29,31)/b26-14+. The summed E-state index contributed by atoms with van der Waals surface area (Å²) in [5, 5.41) is 8.43. The minimum atomic E-state index is -3.75. The number of hydrogen-bond acceptors (Lipinski definition) is 6. The van der Waals surface area contributed by atoms with Gasteiger partial charge in [0.25, 0.3) is 0 Å². The summed E-state index contributed by atoms with van der Waals surface area (Å²) in [6.07, 6.45) is 1.19. The maximum atomic E-state index is 12.3. The number of anilines is 1. The van der Waals surface area contributed by atoms with Gasteiger partial charge in [0, 0.05) is 16.1 Å². The Balaban J connectivity index is 1.30. The number of benzene rings is 3. The van der Waals surface area contributed by atoms with Gasteiger partial charge in [-0.25, -0.2) is 18.6 Å². The number of halogens is 1. The molecule has 0 spiro atoms. The van der Waals surface area contributed by atoms with E-state index in [1.807, 2.05) is 30.3 Å². The molecule has 0 unspecified atom stereocenters. The lowest BCUT2D eigenvalue weighted by Gasteiger charge is -2.07. The molecule has 0 aliphatic heterocycles. The number of nitrogens with zero attached hydrogens (tertiary/aromatic N) is 1. The van der Waals surface area contributed by atoms with Gasteiger partial charge in [0.1, 0.15) is 11.5 Å². The SMILES string of the molecule is O=C(N/N=C/c1ccc(CNS(=O)(=O)c2ccc(Cl)cc2)o1)C(=O)Nc1cccc2ccccc12. The molecular formula is C24H19ClN4O5S. The van der Waals surface area contributed by atoms with Crippen molar-refractivity contribution in [2.45, 2.75) is 11.4 Å². The van der Waals surface area contributed by atoms with Crippen LogP contribution in [0.25, 0.3) is 10.8 Å². The highest BCUT2D eigenvalue weighted by atomic mass is 35.5. The number of carbonyl (C=O) groups is 2. The highest BCUT2D eigenvalue weighted by Crippen LogP contribution is 2.22. The molecule has 35 heavy (non-hydrogen) atoms. The number of amides is 2. The van der Waals surface area contributed by atoms with E-state index in [1.54, 1.807) is 18.2 Å². The van der Waals surface area contributed by atoms with E-state index in [4.69, 9.17) is 16.0 Å². The second-order valence-corrected chi connectivity index (χ2v) is 9.47. The average molecular weight is 511 g/mol. The Hall–Kier alpha value is -3.99. The summed E-state index contributed by atoms with van der Waals surface area (Å²) in [6.45, 7) is -0.0986. The van der Waals surface area contributed by atoms with Gasteiger partial charge in [0.15, 0.2) is 0 Å². The minimum absolute atomic E-state index is 0.0692. The second kappa shape index (κ2) is 10.5. The number of fused-ring (bicyclic) bond motifs is 1. The molecule has 0 fully saturated rings. The van der Waals surface area contributed by atoms with Crippen molar-refractivity contribution in [3.05, 3.63) is 95.4 Å². The zero-order valence-electron chi connectivity index (χ0n) is 18.1. The highest BCUT2D eigenvalue weighted by Gasteiger charge is 2.15. The Morgan fingerprint density at radius 3 is 2.46 bits per heavy atom. The van der Waals surface area contributed by atoms with Crippen molar-refractivity contribution < 1.29 is 22.4 Å². The second-order valence-electron chi connectivity index (χ2n) is 7.26. The van der Waals surface area contributed by atoms with Crippen molar-refractivity contribution in [3.63, 3.8) is 0 Å². The number of nitrogens with one attached hydrogen (secondary N) is 3. The summed E-state index contributed by atoms with van der Waals surface area (Å²) < 4.78 is 32.5. The quantitative estimate of drug-likeness (QED) is 0.198. The third kappa shape index (κ3) is 6.12. The van der Waals surface area contributed by atoms with Crippen molar-refractivity contribution in [2.75, 3.05) is 5.32 Å². The van der Waals surface area contributed by atoms with E-state index in [2.05, 4.69) is 20.6 Å². The number of hydrazone groups is 1. The summed E-state index contributed by atoms with van der Waals surface area (Å²) in [4.78, 5) is 24.4. The molecule has 1 aromatic heterocycles. The summed E-state index contributed by atoms with van der Waals surface area (Å²) in [6, 6.07) is 21.7. The first-order valence-corrected chi connectivity index (χ1v) is 12.1. The summed E-state index contributed by atoms with van der Waals surface area (Å²) in [5.74, 6) is -1.27. The molecule has 0 atom stereocenters. The van der Waals surface area contributed by atoms with Gasteiger partial charge >= 0.3 is 11.8 Å². The third-order valence-corrected chi connectivity index (χ3v) is 6.51. The summed E-state index contributed by atoms with van der Waals surface area (Å²) >= 11 is 5.78. The number of sulfonamides is 1. The van der Waals surface area contributed by atoms with Crippen molar-refractivity contribution in [1.82, 2.24) is 10.1 Å². The third-order valence-electron chi connectivity index (χ3n) is 4.84. The Bertz CT molecular complexity index is 1510. The van der Waals surface area contributed by atoms with Crippen LogP contribution in [0.4, 0.5) is 5.69 Å². The molecule has 4 rings (SSSR count). The fourth-order valence-corrected chi connectivity index (χ4v) is 4.26. The molecule has 9 nitrogen and oxygen atoms in total. The molecule has 1 heterocycles. The monoisotopic (exact) mass is 510 g/mol. The molecule has 0 bridgehead atoms. The van der Waals surface area contributed by atoms with Crippen LogP contribution in [0.1, 0.15) is 11.5 Å². The first-order valence-electron chi connectivity index (χ1n) is 10.3. The Labute approximate surface area is 205 Å². The lowest BCUT2D eigenvalue weighted by molar-refractivity contribution is -0.136. The summed E-state index contributed by atoms with van der Waals surface area (Å²) in [7, 11) is -3.75. The van der Waals surface area contributed by atoms with Crippen LogP contribution in [0.5, 0.6) is 0 Å². The van der Waals surface area contributed by atoms with Crippen LogP contribution in [0, 0.1) is 0 Å². The van der Waals surface area contributed by atoms with Gasteiger partial charge in [-0.1, -0.05) is 48.0 Å². The van der Waals surface area contributed by atoms with Crippen molar-refractivity contribution >= 4 is 56.1 Å². The molecule has 178 valence electrons. The van der Waals surface area contributed by atoms with E-state index in [-0.39, 0.29) is 17.2 Å². The normalized spacial score (nSPS) is 11.6. The molecule has 0 saturated carbocycles. The van der Waals surface area contributed by atoms with Gasteiger partial charge in [0.05, 0.1) is 17.7 Å². The molecule has 0 aliphatic carbocycles. The zero-order chi connectivity index (χ0) is 24.8. The Morgan fingerprint density at radius 2 is 1.66 bits per heavy atom. The number of hydrogen-bond donors (Lipinski definition) is 3. The molecule has 2 amide bonds. The predicted molar refractivity (Wildman–Crippen MR) is 132 cm³/mol. The van der Waals surface area contributed by atoms with Crippen LogP contribution >= 0.6 is 11.6 Å². The molecule has 0 saturated heterocycles.